The number of amides is 2. The number of ether oxygens (including phenoxy) is 1. The van der Waals surface area contributed by atoms with Crippen LogP contribution in [0.5, 0.6) is 5.75 Å². The first-order valence-electron chi connectivity index (χ1n) is 8.83. The van der Waals surface area contributed by atoms with E-state index in [4.69, 9.17) is 0 Å². The van der Waals surface area contributed by atoms with Gasteiger partial charge in [-0.05, 0) is 30.5 Å². The molecular formula is C18H23F2N3O3. The third kappa shape index (κ3) is 5.66. The van der Waals surface area contributed by atoms with Gasteiger partial charge in [0.05, 0.1) is 13.0 Å². The molecule has 1 N–H and O–H groups in total. The van der Waals surface area contributed by atoms with Crippen molar-refractivity contribution in [1.82, 2.24) is 15.1 Å². The third-order valence-electron chi connectivity index (χ3n) is 4.54. The fourth-order valence-electron chi connectivity index (χ4n) is 2.93. The molecule has 26 heavy (non-hydrogen) atoms. The highest BCUT2D eigenvalue weighted by Gasteiger charge is 2.26. The summed E-state index contributed by atoms with van der Waals surface area (Å²) >= 11 is 0. The molecule has 1 aliphatic carbocycles. The SMILES string of the molecule is O=C(CN1CCN(C(=O)Cc2ccc(OC(F)F)cc2)CC1)NC1CC1. The molecule has 0 spiro atoms. The van der Waals surface area contributed by atoms with Crippen molar-refractivity contribution in [2.75, 3.05) is 32.7 Å². The normalized spacial score (nSPS) is 18.0. The maximum absolute atomic E-state index is 12.4. The molecule has 1 aliphatic heterocycles. The van der Waals surface area contributed by atoms with Gasteiger partial charge < -0.3 is 15.0 Å². The zero-order valence-electron chi connectivity index (χ0n) is 14.5. The van der Waals surface area contributed by atoms with Gasteiger partial charge in [0.2, 0.25) is 11.8 Å². The minimum absolute atomic E-state index is 0.00499. The van der Waals surface area contributed by atoms with Crippen LogP contribution >= 0.6 is 0 Å². The van der Waals surface area contributed by atoms with E-state index < -0.39 is 6.61 Å². The number of alkyl halides is 2. The van der Waals surface area contributed by atoms with E-state index in [0.717, 1.165) is 18.4 Å². The van der Waals surface area contributed by atoms with E-state index in [1.807, 2.05) is 0 Å². The standard InChI is InChI=1S/C18H23F2N3O3/c19-18(20)26-15-5-1-13(2-6-15)11-17(25)23-9-7-22(8-10-23)12-16(24)21-14-3-4-14/h1-2,5-6,14,18H,3-4,7-12H2,(H,21,24). The second kappa shape index (κ2) is 8.44. The summed E-state index contributed by atoms with van der Waals surface area (Å²) in [7, 11) is 0. The van der Waals surface area contributed by atoms with E-state index in [0.29, 0.717) is 38.8 Å². The fraction of sp³-hybridized carbons (Fsp3) is 0.556. The van der Waals surface area contributed by atoms with Gasteiger partial charge in [-0.15, -0.1) is 0 Å². The highest BCUT2D eigenvalue weighted by molar-refractivity contribution is 5.79. The number of hydrogen-bond acceptors (Lipinski definition) is 4. The van der Waals surface area contributed by atoms with Crippen LogP contribution in [-0.2, 0) is 16.0 Å². The van der Waals surface area contributed by atoms with E-state index in [-0.39, 0.29) is 24.0 Å². The Morgan fingerprint density at radius 3 is 2.35 bits per heavy atom. The van der Waals surface area contributed by atoms with Gasteiger partial charge in [-0.1, -0.05) is 12.1 Å². The molecule has 3 rings (SSSR count). The predicted molar refractivity (Wildman–Crippen MR) is 91.0 cm³/mol. The summed E-state index contributed by atoms with van der Waals surface area (Å²) in [5.74, 6) is 0.127. The molecule has 2 fully saturated rings. The van der Waals surface area contributed by atoms with Crippen molar-refractivity contribution in [1.29, 1.82) is 0 Å². The van der Waals surface area contributed by atoms with E-state index in [9.17, 15) is 18.4 Å². The van der Waals surface area contributed by atoms with Crippen LogP contribution < -0.4 is 10.1 Å². The van der Waals surface area contributed by atoms with Crippen LogP contribution in [0.15, 0.2) is 24.3 Å². The van der Waals surface area contributed by atoms with Crippen molar-refractivity contribution in [3.63, 3.8) is 0 Å². The lowest BCUT2D eigenvalue weighted by molar-refractivity contribution is -0.132. The van der Waals surface area contributed by atoms with E-state index >= 15 is 0 Å². The summed E-state index contributed by atoms with van der Waals surface area (Å²) < 4.78 is 28.6. The Balaban J connectivity index is 1.40. The molecule has 0 bridgehead atoms. The van der Waals surface area contributed by atoms with E-state index in [2.05, 4.69) is 15.0 Å². The van der Waals surface area contributed by atoms with Gasteiger partial charge >= 0.3 is 6.61 Å². The van der Waals surface area contributed by atoms with Crippen molar-refractivity contribution >= 4 is 11.8 Å². The van der Waals surface area contributed by atoms with Gasteiger partial charge in [0.15, 0.2) is 0 Å². The molecule has 1 heterocycles. The summed E-state index contributed by atoms with van der Waals surface area (Å²) in [6.07, 6.45) is 2.36. The first-order chi connectivity index (χ1) is 12.5. The molecule has 1 saturated carbocycles. The minimum Gasteiger partial charge on any atom is -0.435 e. The molecule has 142 valence electrons. The van der Waals surface area contributed by atoms with Crippen molar-refractivity contribution < 1.29 is 23.1 Å². The highest BCUT2D eigenvalue weighted by atomic mass is 19.3. The van der Waals surface area contributed by atoms with Gasteiger partial charge in [-0.3, -0.25) is 14.5 Å². The smallest absolute Gasteiger partial charge is 0.387 e. The molecule has 2 aliphatic rings. The summed E-state index contributed by atoms with van der Waals surface area (Å²) in [6, 6.07) is 6.47. The van der Waals surface area contributed by atoms with Crippen LogP contribution in [0.4, 0.5) is 8.78 Å². The molecule has 6 nitrogen and oxygen atoms in total. The molecule has 0 atom stereocenters. The second-order valence-corrected chi connectivity index (χ2v) is 6.70. The van der Waals surface area contributed by atoms with Crippen LogP contribution in [0.3, 0.4) is 0 Å². The topological polar surface area (TPSA) is 61.9 Å². The number of nitrogens with one attached hydrogen (secondary N) is 1. The maximum atomic E-state index is 12.4. The number of piperazine rings is 1. The maximum Gasteiger partial charge on any atom is 0.387 e. The molecule has 8 heteroatoms. The molecule has 1 aromatic carbocycles. The van der Waals surface area contributed by atoms with Gasteiger partial charge in [-0.25, -0.2) is 0 Å². The summed E-state index contributed by atoms with van der Waals surface area (Å²) in [6.45, 7) is 0.0369. The van der Waals surface area contributed by atoms with Crippen LogP contribution in [-0.4, -0.2) is 67.0 Å². The Morgan fingerprint density at radius 1 is 1.12 bits per heavy atom. The Bertz CT molecular complexity index is 627. The van der Waals surface area contributed by atoms with Gasteiger partial charge in [-0.2, -0.15) is 8.78 Å². The number of hydrogen-bond donors (Lipinski definition) is 1. The fourth-order valence-corrected chi connectivity index (χ4v) is 2.93. The average molecular weight is 367 g/mol. The van der Waals surface area contributed by atoms with E-state index in [1.54, 1.807) is 17.0 Å². The molecule has 0 aromatic heterocycles. The monoisotopic (exact) mass is 367 g/mol. The number of nitrogens with zero attached hydrogens (tertiary/aromatic N) is 2. The van der Waals surface area contributed by atoms with Crippen LogP contribution in [0.1, 0.15) is 18.4 Å². The number of rotatable bonds is 7. The molecule has 2 amide bonds. The van der Waals surface area contributed by atoms with Crippen LogP contribution in [0, 0.1) is 0 Å². The lowest BCUT2D eigenvalue weighted by atomic mass is 10.1. The molecule has 1 aromatic rings. The number of carbonyl (C=O) groups excluding carboxylic acids is 2. The van der Waals surface area contributed by atoms with Crippen molar-refractivity contribution in [3.05, 3.63) is 29.8 Å². The number of benzene rings is 1. The van der Waals surface area contributed by atoms with E-state index in [1.165, 1.54) is 12.1 Å². The third-order valence-corrected chi connectivity index (χ3v) is 4.54. The lowest BCUT2D eigenvalue weighted by Gasteiger charge is -2.34. The summed E-state index contributed by atoms with van der Waals surface area (Å²) in [5.41, 5.74) is 0.753. The zero-order valence-corrected chi connectivity index (χ0v) is 14.5. The Labute approximate surface area is 151 Å². The predicted octanol–water partition coefficient (Wildman–Crippen LogP) is 1.25. The number of carbonyl (C=O) groups is 2. The Morgan fingerprint density at radius 2 is 1.77 bits per heavy atom. The van der Waals surface area contributed by atoms with Crippen molar-refractivity contribution in [2.45, 2.75) is 31.9 Å². The quantitative estimate of drug-likeness (QED) is 0.788. The Hall–Kier alpha value is -2.22. The van der Waals surface area contributed by atoms with Gasteiger partial charge in [0.25, 0.3) is 0 Å². The van der Waals surface area contributed by atoms with Crippen LogP contribution in [0.2, 0.25) is 0 Å². The first kappa shape index (κ1) is 18.6. The largest absolute Gasteiger partial charge is 0.435 e. The second-order valence-electron chi connectivity index (χ2n) is 6.70. The molecule has 0 radical (unpaired) electrons. The summed E-state index contributed by atoms with van der Waals surface area (Å²) in [5, 5.41) is 2.97. The van der Waals surface area contributed by atoms with Crippen molar-refractivity contribution in [3.8, 4) is 5.75 Å². The van der Waals surface area contributed by atoms with Gasteiger partial charge in [0, 0.05) is 32.2 Å². The minimum atomic E-state index is -2.86. The average Bonchev–Trinajstić information content (AvgIpc) is 3.40. The van der Waals surface area contributed by atoms with Crippen LogP contribution in [0.25, 0.3) is 0 Å². The zero-order chi connectivity index (χ0) is 18.5. The molecule has 0 unspecified atom stereocenters. The highest BCUT2D eigenvalue weighted by Crippen LogP contribution is 2.18. The van der Waals surface area contributed by atoms with Crippen molar-refractivity contribution in [2.24, 2.45) is 0 Å². The lowest BCUT2D eigenvalue weighted by Crippen LogP contribution is -2.51. The first-order valence-corrected chi connectivity index (χ1v) is 8.83. The Kier molecular flexibility index (Phi) is 6.03. The molecule has 1 saturated heterocycles. The number of halogens is 2. The van der Waals surface area contributed by atoms with Gasteiger partial charge in [0.1, 0.15) is 5.75 Å². The molecular weight excluding hydrogens is 344 g/mol. The summed E-state index contributed by atoms with van der Waals surface area (Å²) in [4.78, 5) is 28.0.